The number of aromatic nitrogens is 2. The fraction of sp³-hybridized carbons (Fsp3) is 0.519. The number of hydrogen-bond acceptors (Lipinski definition) is 4. The van der Waals surface area contributed by atoms with E-state index in [4.69, 9.17) is 9.40 Å². The van der Waals surface area contributed by atoms with Crippen molar-refractivity contribution in [2.75, 3.05) is 0 Å². The summed E-state index contributed by atoms with van der Waals surface area (Å²) in [6, 6.07) is 9.45. The summed E-state index contributed by atoms with van der Waals surface area (Å²) in [5, 5.41) is 12.2. The van der Waals surface area contributed by atoms with Crippen molar-refractivity contribution >= 4 is 22.9 Å². The van der Waals surface area contributed by atoms with Crippen molar-refractivity contribution in [2.45, 2.75) is 77.8 Å². The molecular weight excluding hydrogens is 430 g/mol. The number of carboxylic acids is 1. The number of nitrogens with one attached hydrogen (secondary N) is 1. The third-order valence-electron chi connectivity index (χ3n) is 6.85. The molecule has 1 fully saturated rings. The molecule has 0 radical (unpaired) electrons. The fourth-order valence-corrected chi connectivity index (χ4v) is 5.28. The molecule has 7 heteroatoms. The molecule has 4 rings (SSSR count). The Bertz CT molecular complexity index is 1130. The molecule has 0 spiro atoms. The number of rotatable bonds is 9. The topological polar surface area (TPSA) is 97.4 Å². The molecule has 34 heavy (non-hydrogen) atoms. The predicted octanol–water partition coefficient (Wildman–Crippen LogP) is 5.59. The van der Waals surface area contributed by atoms with Crippen LogP contribution in [0.2, 0.25) is 0 Å². The smallest absolute Gasteiger partial charge is 0.305 e. The van der Waals surface area contributed by atoms with Gasteiger partial charge in [-0.1, -0.05) is 33.6 Å². The highest BCUT2D eigenvalue weighted by Crippen LogP contribution is 2.37. The summed E-state index contributed by atoms with van der Waals surface area (Å²) in [7, 11) is 0. The van der Waals surface area contributed by atoms with Crippen LogP contribution in [0.5, 0.6) is 0 Å². The minimum Gasteiger partial charge on any atom is -0.481 e. The van der Waals surface area contributed by atoms with Crippen LogP contribution in [0.3, 0.4) is 0 Å². The van der Waals surface area contributed by atoms with Crippen LogP contribution < -0.4 is 5.32 Å². The van der Waals surface area contributed by atoms with Gasteiger partial charge >= 0.3 is 5.97 Å². The first-order chi connectivity index (χ1) is 16.3. The summed E-state index contributed by atoms with van der Waals surface area (Å²) < 4.78 is 7.96. The third kappa shape index (κ3) is 5.51. The van der Waals surface area contributed by atoms with Crippen molar-refractivity contribution < 1.29 is 19.1 Å². The lowest BCUT2D eigenvalue weighted by Gasteiger charge is -2.31. The van der Waals surface area contributed by atoms with E-state index in [-0.39, 0.29) is 18.2 Å². The van der Waals surface area contributed by atoms with Crippen molar-refractivity contribution in [1.82, 2.24) is 14.9 Å². The van der Waals surface area contributed by atoms with Crippen LogP contribution in [0.1, 0.15) is 87.3 Å². The molecule has 1 aromatic carbocycles. The Morgan fingerprint density at radius 3 is 2.71 bits per heavy atom. The average Bonchev–Trinajstić information content (AvgIpc) is 3.40. The zero-order valence-electron chi connectivity index (χ0n) is 20.3. The lowest BCUT2D eigenvalue weighted by molar-refractivity contribution is -0.137. The van der Waals surface area contributed by atoms with Gasteiger partial charge in [-0.2, -0.15) is 0 Å². The summed E-state index contributed by atoms with van der Waals surface area (Å²) in [4.78, 5) is 29.2. The molecule has 1 aliphatic rings. The summed E-state index contributed by atoms with van der Waals surface area (Å²) in [6.07, 6.45) is 7.58. The number of carboxylic acid groups (broad SMARTS) is 1. The average molecular weight is 466 g/mol. The largest absolute Gasteiger partial charge is 0.481 e. The monoisotopic (exact) mass is 465 g/mol. The van der Waals surface area contributed by atoms with E-state index >= 15 is 0 Å². The van der Waals surface area contributed by atoms with Gasteiger partial charge < -0.3 is 19.4 Å². The Balaban J connectivity index is 1.66. The number of benzene rings is 1. The molecular formula is C27H35N3O4. The first-order valence-corrected chi connectivity index (χ1v) is 12.4. The lowest BCUT2D eigenvalue weighted by Crippen LogP contribution is -2.37. The second-order valence-electron chi connectivity index (χ2n) is 10.1. The van der Waals surface area contributed by atoms with E-state index in [0.717, 1.165) is 29.0 Å². The van der Waals surface area contributed by atoms with E-state index in [1.54, 1.807) is 6.26 Å². The second-order valence-corrected chi connectivity index (χ2v) is 10.1. The van der Waals surface area contributed by atoms with Gasteiger partial charge in [-0.3, -0.25) is 9.59 Å². The predicted molar refractivity (Wildman–Crippen MR) is 131 cm³/mol. The molecule has 2 aromatic heterocycles. The number of imidazole rings is 1. The molecule has 0 aliphatic heterocycles. The van der Waals surface area contributed by atoms with Crippen LogP contribution in [-0.2, 0) is 11.2 Å². The SMILES string of the molecule is CC(C)C[C@@H](CC(=O)O)NC(=O)c1ccc2c(c1)nc(Cc1ccco1)n2C1CCCCC1C. The Hall–Kier alpha value is -3.09. The maximum absolute atomic E-state index is 13.0. The summed E-state index contributed by atoms with van der Waals surface area (Å²) in [6.45, 7) is 6.35. The molecule has 3 aromatic rings. The number of carbonyl (C=O) groups excluding carboxylic acids is 1. The Morgan fingerprint density at radius 2 is 2.03 bits per heavy atom. The van der Waals surface area contributed by atoms with E-state index in [1.165, 1.54) is 19.3 Å². The van der Waals surface area contributed by atoms with Crippen LogP contribution >= 0.6 is 0 Å². The quantitative estimate of drug-likeness (QED) is 0.429. The van der Waals surface area contributed by atoms with Gasteiger partial charge in [0, 0.05) is 17.6 Å². The van der Waals surface area contributed by atoms with Crippen LogP contribution in [-0.4, -0.2) is 32.6 Å². The van der Waals surface area contributed by atoms with Gasteiger partial charge in [0.05, 0.1) is 30.1 Å². The molecule has 0 bridgehead atoms. The van der Waals surface area contributed by atoms with E-state index in [2.05, 4.69) is 16.8 Å². The number of aliphatic carboxylic acids is 1. The molecule has 182 valence electrons. The third-order valence-corrected chi connectivity index (χ3v) is 6.85. The molecule has 1 aliphatic carbocycles. The van der Waals surface area contributed by atoms with E-state index < -0.39 is 12.0 Å². The maximum atomic E-state index is 13.0. The zero-order chi connectivity index (χ0) is 24.2. The number of nitrogens with zero attached hydrogens (tertiary/aromatic N) is 2. The molecule has 7 nitrogen and oxygen atoms in total. The number of furan rings is 1. The standard InChI is InChI=1S/C27H35N3O4/c1-17(2)13-20(15-26(31)32)28-27(33)19-10-11-24-22(14-19)29-25(16-21-8-6-12-34-21)30(24)23-9-5-4-7-18(23)3/h6,8,10-12,14,17-18,20,23H,4-5,7,9,13,15-16H2,1-3H3,(H,28,33)(H,31,32)/t18?,20-,23?/m0/s1. The molecule has 2 unspecified atom stereocenters. The van der Waals surface area contributed by atoms with Crippen molar-refractivity contribution in [3.63, 3.8) is 0 Å². The van der Waals surface area contributed by atoms with Gasteiger partial charge in [-0.05, 0) is 61.4 Å². The van der Waals surface area contributed by atoms with Gasteiger partial charge in [0.2, 0.25) is 0 Å². The number of fused-ring (bicyclic) bond motifs is 1. The second kappa shape index (κ2) is 10.5. The van der Waals surface area contributed by atoms with E-state index in [1.807, 2.05) is 44.2 Å². The minimum atomic E-state index is -0.913. The number of amides is 1. The Labute approximate surface area is 200 Å². The highest BCUT2D eigenvalue weighted by molar-refractivity contribution is 5.97. The van der Waals surface area contributed by atoms with Crippen LogP contribution in [0.15, 0.2) is 41.0 Å². The number of hydrogen-bond donors (Lipinski definition) is 2. The first kappa shape index (κ1) is 24.0. The van der Waals surface area contributed by atoms with E-state index in [9.17, 15) is 14.7 Å². The van der Waals surface area contributed by atoms with Crippen molar-refractivity contribution in [3.05, 3.63) is 53.7 Å². The van der Waals surface area contributed by atoms with Crippen LogP contribution in [0.4, 0.5) is 0 Å². The van der Waals surface area contributed by atoms with Gasteiger partial charge in [0.25, 0.3) is 5.91 Å². The van der Waals surface area contributed by atoms with Crippen LogP contribution in [0.25, 0.3) is 11.0 Å². The molecule has 0 saturated heterocycles. The summed E-state index contributed by atoms with van der Waals surface area (Å²) in [5.74, 6) is 1.47. The highest BCUT2D eigenvalue weighted by Gasteiger charge is 2.28. The molecule has 3 atom stereocenters. The summed E-state index contributed by atoms with van der Waals surface area (Å²) >= 11 is 0. The molecule has 2 N–H and O–H groups in total. The maximum Gasteiger partial charge on any atom is 0.305 e. The van der Waals surface area contributed by atoms with Gasteiger partial charge in [-0.25, -0.2) is 4.98 Å². The minimum absolute atomic E-state index is 0.0896. The first-order valence-electron chi connectivity index (χ1n) is 12.4. The molecule has 1 saturated carbocycles. The Kier molecular flexibility index (Phi) is 7.39. The van der Waals surface area contributed by atoms with Crippen LogP contribution in [0, 0.1) is 11.8 Å². The van der Waals surface area contributed by atoms with Gasteiger partial charge in [0.1, 0.15) is 11.6 Å². The van der Waals surface area contributed by atoms with Gasteiger partial charge in [-0.15, -0.1) is 0 Å². The van der Waals surface area contributed by atoms with Gasteiger partial charge in [0.15, 0.2) is 0 Å². The molecule has 2 heterocycles. The Morgan fingerprint density at radius 1 is 1.24 bits per heavy atom. The van der Waals surface area contributed by atoms with Crippen molar-refractivity contribution in [1.29, 1.82) is 0 Å². The van der Waals surface area contributed by atoms with E-state index in [0.29, 0.717) is 30.4 Å². The molecule has 1 amide bonds. The number of carbonyl (C=O) groups is 2. The highest BCUT2D eigenvalue weighted by atomic mass is 16.4. The van der Waals surface area contributed by atoms with Crippen molar-refractivity contribution in [3.8, 4) is 0 Å². The lowest BCUT2D eigenvalue weighted by atomic mass is 9.85. The fourth-order valence-electron chi connectivity index (χ4n) is 5.28. The normalized spacial score (nSPS) is 19.4. The zero-order valence-corrected chi connectivity index (χ0v) is 20.3. The van der Waals surface area contributed by atoms with Crippen molar-refractivity contribution in [2.24, 2.45) is 11.8 Å². The summed E-state index contributed by atoms with van der Waals surface area (Å²) in [5.41, 5.74) is 2.31.